The number of ketones is 1. The molecule has 2 amide bonds. The monoisotopic (exact) mass is 415 g/mol. The van der Waals surface area contributed by atoms with Gasteiger partial charge in [0.05, 0.1) is 25.7 Å². The number of aliphatic hydroxyl groups excluding tert-OH is 1. The van der Waals surface area contributed by atoms with Crippen LogP contribution in [0, 0.1) is 5.92 Å². The third kappa shape index (κ3) is 4.95. The Morgan fingerprint density at radius 1 is 1.27 bits per heavy atom. The van der Waals surface area contributed by atoms with Crippen molar-refractivity contribution in [1.82, 2.24) is 4.90 Å². The molecule has 3 atom stereocenters. The van der Waals surface area contributed by atoms with Crippen molar-refractivity contribution in [2.45, 2.75) is 25.5 Å². The molecule has 0 aromatic heterocycles. The second-order valence-electron chi connectivity index (χ2n) is 7.01. The van der Waals surface area contributed by atoms with Gasteiger partial charge in [0.15, 0.2) is 11.9 Å². The van der Waals surface area contributed by atoms with Crippen LogP contribution in [0.25, 0.3) is 0 Å². The van der Waals surface area contributed by atoms with Gasteiger partial charge in [-0.3, -0.25) is 9.59 Å². The van der Waals surface area contributed by atoms with Crippen molar-refractivity contribution in [2.24, 2.45) is 5.92 Å². The van der Waals surface area contributed by atoms with Gasteiger partial charge in [-0.25, -0.2) is 9.69 Å². The SMILES string of the molecule is C[C@H](C(=O)N1C(=O)OC[C@@H]1c1ccccc1)[C@@H]1OC(=CCCOCCO)C=CC1=O. The molecule has 0 unspecified atom stereocenters. The summed E-state index contributed by atoms with van der Waals surface area (Å²) in [5.41, 5.74) is 0.781. The van der Waals surface area contributed by atoms with E-state index in [4.69, 9.17) is 19.3 Å². The number of nitrogens with zero attached hydrogens (tertiary/aromatic N) is 1. The maximum atomic E-state index is 13.1. The second-order valence-corrected chi connectivity index (χ2v) is 7.01. The molecule has 1 saturated heterocycles. The fraction of sp³-hybridized carbons (Fsp3) is 0.409. The van der Waals surface area contributed by atoms with E-state index in [0.717, 1.165) is 10.5 Å². The number of cyclic esters (lactones) is 1. The second kappa shape index (κ2) is 10.2. The van der Waals surface area contributed by atoms with E-state index < -0.39 is 30.1 Å². The van der Waals surface area contributed by atoms with Gasteiger partial charge in [0.25, 0.3) is 0 Å². The Bertz CT molecular complexity index is 833. The molecule has 2 aliphatic heterocycles. The lowest BCUT2D eigenvalue weighted by Gasteiger charge is -2.29. The van der Waals surface area contributed by atoms with Gasteiger partial charge in [0.1, 0.15) is 18.4 Å². The van der Waals surface area contributed by atoms with E-state index in [1.165, 1.54) is 6.08 Å². The van der Waals surface area contributed by atoms with Gasteiger partial charge < -0.3 is 19.3 Å². The lowest BCUT2D eigenvalue weighted by atomic mass is 9.96. The van der Waals surface area contributed by atoms with Gasteiger partial charge >= 0.3 is 6.09 Å². The van der Waals surface area contributed by atoms with Gasteiger partial charge in [-0.15, -0.1) is 0 Å². The number of benzene rings is 1. The summed E-state index contributed by atoms with van der Waals surface area (Å²) < 4.78 is 16.0. The summed E-state index contributed by atoms with van der Waals surface area (Å²) in [5, 5.41) is 8.71. The summed E-state index contributed by atoms with van der Waals surface area (Å²) in [5.74, 6) is -1.29. The summed E-state index contributed by atoms with van der Waals surface area (Å²) in [6.07, 6.45) is 3.43. The number of imide groups is 1. The zero-order valence-electron chi connectivity index (χ0n) is 16.7. The van der Waals surface area contributed by atoms with Crippen LogP contribution in [-0.2, 0) is 23.8 Å². The average molecular weight is 415 g/mol. The summed E-state index contributed by atoms with van der Waals surface area (Å²) in [6, 6.07) is 8.60. The number of carbonyl (C=O) groups excluding carboxylic acids is 3. The molecule has 0 saturated carbocycles. The molecule has 3 rings (SSSR count). The molecule has 1 aromatic rings. The summed E-state index contributed by atoms with van der Waals surface area (Å²) >= 11 is 0. The summed E-state index contributed by atoms with van der Waals surface area (Å²) in [7, 11) is 0. The van der Waals surface area contributed by atoms with Crippen molar-refractivity contribution in [3.05, 3.63) is 59.9 Å². The first-order chi connectivity index (χ1) is 14.5. The van der Waals surface area contributed by atoms with Crippen LogP contribution in [0.2, 0.25) is 0 Å². The molecule has 2 aliphatic rings. The first-order valence-corrected chi connectivity index (χ1v) is 9.85. The Labute approximate surface area is 174 Å². The number of rotatable bonds is 8. The zero-order valence-corrected chi connectivity index (χ0v) is 16.7. The molecule has 1 fully saturated rings. The molecule has 1 N–H and O–H groups in total. The van der Waals surface area contributed by atoms with Crippen LogP contribution in [0.1, 0.15) is 24.9 Å². The van der Waals surface area contributed by atoms with Gasteiger partial charge in [-0.05, 0) is 37.1 Å². The third-order valence-corrected chi connectivity index (χ3v) is 4.94. The Kier molecular flexibility index (Phi) is 7.37. The van der Waals surface area contributed by atoms with E-state index in [0.29, 0.717) is 18.8 Å². The number of allylic oxidation sites excluding steroid dienone is 1. The van der Waals surface area contributed by atoms with Gasteiger partial charge in [-0.1, -0.05) is 30.3 Å². The minimum absolute atomic E-state index is 0.0495. The number of hydrogen-bond acceptors (Lipinski definition) is 7. The molecule has 0 radical (unpaired) electrons. The predicted molar refractivity (Wildman–Crippen MR) is 106 cm³/mol. The number of aliphatic hydroxyl groups is 1. The zero-order chi connectivity index (χ0) is 21.5. The largest absolute Gasteiger partial charge is 0.482 e. The van der Waals surface area contributed by atoms with Crippen molar-refractivity contribution < 1.29 is 33.7 Å². The third-order valence-electron chi connectivity index (χ3n) is 4.94. The van der Waals surface area contributed by atoms with Gasteiger partial charge in [0.2, 0.25) is 5.91 Å². The predicted octanol–water partition coefficient (Wildman–Crippen LogP) is 2.15. The quantitative estimate of drug-likeness (QED) is 0.649. The lowest BCUT2D eigenvalue weighted by molar-refractivity contribution is -0.142. The Balaban J connectivity index is 1.69. The Morgan fingerprint density at radius 2 is 2.03 bits per heavy atom. The number of hydrogen-bond donors (Lipinski definition) is 1. The highest BCUT2D eigenvalue weighted by Gasteiger charge is 2.44. The van der Waals surface area contributed by atoms with Crippen LogP contribution < -0.4 is 0 Å². The van der Waals surface area contributed by atoms with Crippen LogP contribution in [0.5, 0.6) is 0 Å². The highest BCUT2D eigenvalue weighted by molar-refractivity contribution is 6.01. The molecule has 160 valence electrons. The topological polar surface area (TPSA) is 102 Å². The Morgan fingerprint density at radius 3 is 2.77 bits per heavy atom. The molecular weight excluding hydrogens is 390 g/mol. The molecule has 0 spiro atoms. The molecule has 30 heavy (non-hydrogen) atoms. The highest BCUT2D eigenvalue weighted by Crippen LogP contribution is 2.31. The minimum atomic E-state index is -1.03. The maximum absolute atomic E-state index is 13.1. The first kappa shape index (κ1) is 21.7. The average Bonchev–Trinajstić information content (AvgIpc) is 3.15. The highest BCUT2D eigenvalue weighted by atomic mass is 16.6. The molecular formula is C22H25NO7. The summed E-state index contributed by atoms with van der Waals surface area (Å²) in [4.78, 5) is 38.8. The molecule has 8 nitrogen and oxygen atoms in total. The molecule has 1 aromatic carbocycles. The lowest BCUT2D eigenvalue weighted by Crippen LogP contribution is -2.45. The van der Waals surface area contributed by atoms with E-state index in [1.807, 2.05) is 30.3 Å². The molecule has 0 aliphatic carbocycles. The van der Waals surface area contributed by atoms with Crippen molar-refractivity contribution in [3.8, 4) is 0 Å². The number of carbonyl (C=O) groups is 3. The summed E-state index contributed by atoms with van der Waals surface area (Å²) in [6.45, 7) is 2.24. The number of amides is 2. The Hall–Kier alpha value is -2.97. The fourth-order valence-electron chi connectivity index (χ4n) is 3.35. The van der Waals surface area contributed by atoms with Crippen LogP contribution in [0.3, 0.4) is 0 Å². The van der Waals surface area contributed by atoms with E-state index >= 15 is 0 Å². The van der Waals surface area contributed by atoms with Crippen molar-refractivity contribution >= 4 is 17.8 Å². The maximum Gasteiger partial charge on any atom is 0.417 e. The van der Waals surface area contributed by atoms with Gasteiger partial charge in [-0.2, -0.15) is 0 Å². The molecule has 2 heterocycles. The van der Waals surface area contributed by atoms with E-state index in [2.05, 4.69) is 0 Å². The van der Waals surface area contributed by atoms with E-state index in [-0.39, 0.29) is 25.6 Å². The van der Waals surface area contributed by atoms with Crippen LogP contribution in [0.15, 0.2) is 54.3 Å². The fourth-order valence-corrected chi connectivity index (χ4v) is 3.35. The number of ether oxygens (including phenoxy) is 3. The van der Waals surface area contributed by atoms with Crippen LogP contribution in [-0.4, -0.2) is 60.3 Å². The van der Waals surface area contributed by atoms with Crippen molar-refractivity contribution in [2.75, 3.05) is 26.4 Å². The van der Waals surface area contributed by atoms with Crippen molar-refractivity contribution in [1.29, 1.82) is 0 Å². The van der Waals surface area contributed by atoms with Crippen LogP contribution >= 0.6 is 0 Å². The van der Waals surface area contributed by atoms with Crippen molar-refractivity contribution in [3.63, 3.8) is 0 Å². The smallest absolute Gasteiger partial charge is 0.417 e. The standard InChI is InChI=1S/C22H25NO7/c1-15(20-19(25)10-9-17(30-20)8-5-12-28-13-11-24)21(26)23-18(14-29-22(23)27)16-6-3-2-4-7-16/h2-4,6-10,15,18,20,24H,5,11-14H2,1H3/t15-,18+,20-/m0/s1. The molecule has 0 bridgehead atoms. The minimum Gasteiger partial charge on any atom is -0.482 e. The van der Waals surface area contributed by atoms with E-state index in [9.17, 15) is 14.4 Å². The van der Waals surface area contributed by atoms with E-state index in [1.54, 1.807) is 19.1 Å². The van der Waals surface area contributed by atoms with Gasteiger partial charge in [0, 0.05) is 0 Å². The normalized spacial score (nSPS) is 23.4. The first-order valence-electron chi connectivity index (χ1n) is 9.85. The molecule has 8 heteroatoms. The van der Waals surface area contributed by atoms with Crippen LogP contribution in [0.4, 0.5) is 4.79 Å².